The Morgan fingerprint density at radius 1 is 1.09 bits per heavy atom. The van der Waals surface area contributed by atoms with Crippen molar-refractivity contribution >= 4 is 52.3 Å². The van der Waals surface area contributed by atoms with Crippen LogP contribution in [-0.4, -0.2) is 37.3 Å². The summed E-state index contributed by atoms with van der Waals surface area (Å²) in [7, 11) is 1.57. The quantitative estimate of drug-likeness (QED) is 0.449. The van der Waals surface area contributed by atoms with Crippen LogP contribution in [0.2, 0.25) is 10.0 Å². The molecule has 2 fully saturated rings. The minimum atomic E-state index is -0.880. The summed E-state index contributed by atoms with van der Waals surface area (Å²) < 4.78 is 5.14. The number of hydrogen-bond acceptors (Lipinski definition) is 6. The highest BCUT2D eigenvalue weighted by Crippen LogP contribution is 2.30. The molecule has 2 aliphatic heterocycles. The number of amides is 3. The van der Waals surface area contributed by atoms with E-state index in [1.807, 2.05) is 0 Å². The summed E-state index contributed by atoms with van der Waals surface area (Å²) >= 11 is 12.0. The van der Waals surface area contributed by atoms with Crippen LogP contribution in [0.3, 0.4) is 0 Å². The molecule has 3 amide bonds. The normalized spacial score (nSPS) is 24.6. The van der Waals surface area contributed by atoms with Gasteiger partial charge in [-0.15, -0.1) is 0 Å². The van der Waals surface area contributed by atoms with Gasteiger partial charge in [0, 0.05) is 17.1 Å². The summed E-state index contributed by atoms with van der Waals surface area (Å²) in [5, 5.41) is 15.2. The van der Waals surface area contributed by atoms with Crippen molar-refractivity contribution in [2.24, 2.45) is 11.8 Å². The first-order valence-electron chi connectivity index (χ1n) is 9.86. The van der Waals surface area contributed by atoms with E-state index in [0.717, 1.165) is 5.69 Å². The van der Waals surface area contributed by atoms with E-state index in [9.17, 15) is 14.4 Å². The molecule has 0 bridgehead atoms. The van der Waals surface area contributed by atoms with Gasteiger partial charge in [0.15, 0.2) is 6.29 Å². The molecule has 2 heterocycles. The van der Waals surface area contributed by atoms with Gasteiger partial charge in [-0.25, -0.2) is 0 Å². The lowest BCUT2D eigenvalue weighted by molar-refractivity contribution is -0.144. The number of hydrogen-bond donors (Lipinski definition) is 5. The molecule has 11 heteroatoms. The monoisotopic (exact) mass is 477 g/mol. The van der Waals surface area contributed by atoms with Crippen molar-refractivity contribution in [1.29, 1.82) is 0 Å². The number of rotatable bonds is 5. The summed E-state index contributed by atoms with van der Waals surface area (Å²) in [6, 6.07) is 11.8. The first kappa shape index (κ1) is 22.2. The van der Waals surface area contributed by atoms with E-state index in [2.05, 4.69) is 26.6 Å². The summed E-state index contributed by atoms with van der Waals surface area (Å²) in [5.41, 5.74) is 1.09. The zero-order valence-corrected chi connectivity index (χ0v) is 18.5. The highest BCUT2D eigenvalue weighted by Gasteiger charge is 2.48. The van der Waals surface area contributed by atoms with E-state index in [-0.39, 0.29) is 23.3 Å². The number of halogens is 2. The van der Waals surface area contributed by atoms with Gasteiger partial charge < -0.3 is 26.0 Å². The van der Waals surface area contributed by atoms with Gasteiger partial charge in [-0.3, -0.25) is 19.7 Å². The SMILES string of the molecule is COc1ccc(NC2NC(=O)C3C(NC(=O)CC3C(=O)Nc3ccc(Cl)cc3Cl)N2)cc1. The number of benzene rings is 2. The van der Waals surface area contributed by atoms with E-state index in [1.54, 1.807) is 43.5 Å². The number of piperidine rings is 1. The smallest absolute Gasteiger partial charge is 0.229 e. The highest BCUT2D eigenvalue weighted by atomic mass is 35.5. The zero-order chi connectivity index (χ0) is 22.8. The van der Waals surface area contributed by atoms with Crippen LogP contribution in [0.25, 0.3) is 0 Å². The van der Waals surface area contributed by atoms with E-state index < -0.39 is 30.2 Å². The maximum Gasteiger partial charge on any atom is 0.229 e. The molecule has 2 aliphatic rings. The molecule has 0 saturated carbocycles. The molecule has 0 aliphatic carbocycles. The van der Waals surface area contributed by atoms with Gasteiger partial charge in [-0.1, -0.05) is 23.2 Å². The number of fused-ring (bicyclic) bond motifs is 1. The first-order valence-corrected chi connectivity index (χ1v) is 10.6. The molecule has 4 unspecified atom stereocenters. The molecule has 4 atom stereocenters. The average Bonchev–Trinajstić information content (AvgIpc) is 2.75. The van der Waals surface area contributed by atoms with E-state index >= 15 is 0 Å². The summed E-state index contributed by atoms with van der Waals surface area (Å²) in [4.78, 5) is 38.2. The third-order valence-corrected chi connectivity index (χ3v) is 5.92. The molecular formula is C21H21Cl2N5O4. The Morgan fingerprint density at radius 3 is 2.53 bits per heavy atom. The molecule has 168 valence electrons. The Hall–Kier alpha value is -3.01. The molecule has 2 aromatic carbocycles. The Morgan fingerprint density at radius 2 is 1.84 bits per heavy atom. The van der Waals surface area contributed by atoms with Gasteiger partial charge in [0.25, 0.3) is 0 Å². The predicted octanol–water partition coefficient (Wildman–Crippen LogP) is 2.13. The lowest BCUT2D eigenvalue weighted by Gasteiger charge is -2.43. The zero-order valence-electron chi connectivity index (χ0n) is 16.9. The van der Waals surface area contributed by atoms with Crippen LogP contribution in [0.1, 0.15) is 6.42 Å². The van der Waals surface area contributed by atoms with Crippen LogP contribution in [0.15, 0.2) is 42.5 Å². The number of ether oxygens (including phenoxy) is 1. The fraction of sp³-hybridized carbons (Fsp3) is 0.286. The highest BCUT2D eigenvalue weighted by molar-refractivity contribution is 6.36. The molecule has 5 N–H and O–H groups in total. The van der Waals surface area contributed by atoms with Gasteiger partial charge in [0.05, 0.1) is 35.8 Å². The van der Waals surface area contributed by atoms with Crippen molar-refractivity contribution in [3.63, 3.8) is 0 Å². The number of nitrogens with one attached hydrogen (secondary N) is 5. The number of carbonyl (C=O) groups is 3. The number of methoxy groups -OCH3 is 1. The van der Waals surface area contributed by atoms with E-state index in [4.69, 9.17) is 27.9 Å². The average molecular weight is 478 g/mol. The first-order chi connectivity index (χ1) is 15.3. The van der Waals surface area contributed by atoms with Gasteiger partial charge in [-0.05, 0) is 42.5 Å². The molecule has 0 spiro atoms. The molecule has 2 saturated heterocycles. The number of carbonyl (C=O) groups excluding carboxylic acids is 3. The van der Waals surface area contributed by atoms with Crippen LogP contribution >= 0.6 is 23.2 Å². The van der Waals surface area contributed by atoms with Crippen molar-refractivity contribution in [3.05, 3.63) is 52.5 Å². The van der Waals surface area contributed by atoms with Gasteiger partial charge in [-0.2, -0.15) is 0 Å². The van der Waals surface area contributed by atoms with Crippen LogP contribution in [0.4, 0.5) is 11.4 Å². The van der Waals surface area contributed by atoms with Crippen molar-refractivity contribution in [1.82, 2.24) is 16.0 Å². The summed E-state index contributed by atoms with van der Waals surface area (Å²) in [6.07, 6.45) is -1.49. The summed E-state index contributed by atoms with van der Waals surface area (Å²) in [5.74, 6) is -2.15. The Labute approximate surface area is 194 Å². The minimum absolute atomic E-state index is 0.121. The Kier molecular flexibility index (Phi) is 6.40. The molecule has 0 radical (unpaired) electrons. The molecule has 4 rings (SSSR count). The largest absolute Gasteiger partial charge is 0.497 e. The lowest BCUT2D eigenvalue weighted by atomic mass is 9.81. The molecule has 32 heavy (non-hydrogen) atoms. The van der Waals surface area contributed by atoms with Crippen molar-refractivity contribution in [2.45, 2.75) is 18.9 Å². The summed E-state index contributed by atoms with van der Waals surface area (Å²) in [6.45, 7) is 0. The predicted molar refractivity (Wildman–Crippen MR) is 120 cm³/mol. The molecule has 9 nitrogen and oxygen atoms in total. The molecule has 2 aromatic rings. The minimum Gasteiger partial charge on any atom is -0.497 e. The van der Waals surface area contributed by atoms with Gasteiger partial charge in [0.2, 0.25) is 17.7 Å². The Balaban J connectivity index is 1.47. The van der Waals surface area contributed by atoms with Gasteiger partial charge >= 0.3 is 0 Å². The maximum atomic E-state index is 13.0. The molecule has 0 aromatic heterocycles. The van der Waals surface area contributed by atoms with E-state index in [0.29, 0.717) is 16.5 Å². The van der Waals surface area contributed by atoms with Crippen LogP contribution in [0.5, 0.6) is 5.75 Å². The van der Waals surface area contributed by atoms with E-state index in [1.165, 1.54) is 6.07 Å². The third-order valence-electron chi connectivity index (χ3n) is 5.38. The second-order valence-electron chi connectivity index (χ2n) is 7.48. The second-order valence-corrected chi connectivity index (χ2v) is 8.32. The second kappa shape index (κ2) is 9.23. The van der Waals surface area contributed by atoms with Crippen molar-refractivity contribution in [2.75, 3.05) is 17.7 Å². The van der Waals surface area contributed by atoms with Crippen molar-refractivity contribution < 1.29 is 19.1 Å². The maximum absolute atomic E-state index is 13.0. The Bertz CT molecular complexity index is 1050. The topological polar surface area (TPSA) is 121 Å². The fourth-order valence-electron chi connectivity index (χ4n) is 3.82. The third kappa shape index (κ3) is 4.74. The van der Waals surface area contributed by atoms with Crippen LogP contribution < -0.4 is 31.3 Å². The standard InChI is InChI=1S/C21H21Cl2N5O4/c1-32-12-5-3-11(4-6-12)24-21-27-18-17(20(31)28-21)13(9-16(29)26-18)19(30)25-15-7-2-10(22)8-14(15)23/h2-8,13,17-18,21,24,27H,9H2,1H3,(H,25,30)(H,26,29)(H,28,31). The van der Waals surface area contributed by atoms with Crippen LogP contribution in [-0.2, 0) is 14.4 Å². The van der Waals surface area contributed by atoms with Crippen LogP contribution in [0, 0.1) is 11.8 Å². The molecular weight excluding hydrogens is 457 g/mol. The number of anilines is 2. The van der Waals surface area contributed by atoms with Crippen molar-refractivity contribution in [3.8, 4) is 5.75 Å². The fourth-order valence-corrected chi connectivity index (χ4v) is 4.28. The lowest BCUT2D eigenvalue weighted by Crippen LogP contribution is -2.72. The van der Waals surface area contributed by atoms with Gasteiger partial charge in [0.1, 0.15) is 5.75 Å².